The van der Waals surface area contributed by atoms with Crippen molar-refractivity contribution in [3.8, 4) is 11.5 Å². The summed E-state index contributed by atoms with van der Waals surface area (Å²) in [6, 6.07) is 12.9. The van der Waals surface area contributed by atoms with E-state index in [2.05, 4.69) is 4.98 Å². The van der Waals surface area contributed by atoms with Crippen molar-refractivity contribution in [3.05, 3.63) is 58.4 Å². The first kappa shape index (κ1) is 20.7. The third-order valence-corrected chi connectivity index (χ3v) is 5.18. The monoisotopic (exact) mass is 414 g/mol. The van der Waals surface area contributed by atoms with Crippen LogP contribution in [-0.2, 0) is 16.1 Å². The van der Waals surface area contributed by atoms with Gasteiger partial charge in [0.15, 0.2) is 16.7 Å². The van der Waals surface area contributed by atoms with Crippen LogP contribution in [0.25, 0.3) is 10.9 Å². The van der Waals surface area contributed by atoms with Crippen molar-refractivity contribution in [2.24, 2.45) is 0 Å². The molecule has 0 aliphatic carbocycles. The zero-order valence-corrected chi connectivity index (χ0v) is 17.3. The van der Waals surface area contributed by atoms with E-state index in [0.717, 1.165) is 5.56 Å². The van der Waals surface area contributed by atoms with E-state index in [1.165, 1.54) is 26.0 Å². The predicted octanol–water partition coefficient (Wildman–Crippen LogP) is 3.12. The number of fused-ring (bicyclic) bond motifs is 1. The molecule has 0 bridgehead atoms. The van der Waals surface area contributed by atoms with Crippen LogP contribution in [-0.4, -0.2) is 42.1 Å². The van der Waals surface area contributed by atoms with E-state index in [1.54, 1.807) is 23.6 Å². The lowest BCUT2D eigenvalue weighted by atomic mass is 10.2. The van der Waals surface area contributed by atoms with Crippen LogP contribution < -0.4 is 15.0 Å². The van der Waals surface area contributed by atoms with Gasteiger partial charge in [0.1, 0.15) is 0 Å². The SMILES string of the molecule is CCOC(=O)CSc1nc2cc(OC)c(OC)cc2c(=O)n1Cc1ccccc1. The third kappa shape index (κ3) is 4.71. The average Bonchev–Trinajstić information content (AvgIpc) is 2.74. The number of rotatable bonds is 8. The lowest BCUT2D eigenvalue weighted by Crippen LogP contribution is -2.24. The van der Waals surface area contributed by atoms with Crippen molar-refractivity contribution in [2.45, 2.75) is 18.6 Å². The number of carbonyl (C=O) groups excluding carboxylic acids is 1. The van der Waals surface area contributed by atoms with Gasteiger partial charge in [-0.15, -0.1) is 0 Å². The normalized spacial score (nSPS) is 10.7. The molecule has 0 saturated carbocycles. The maximum absolute atomic E-state index is 13.3. The van der Waals surface area contributed by atoms with E-state index in [1.807, 2.05) is 30.3 Å². The molecule has 0 aliphatic heterocycles. The number of nitrogens with zero attached hydrogens (tertiary/aromatic N) is 2. The number of esters is 1. The molecule has 8 heteroatoms. The molecule has 0 amide bonds. The van der Waals surface area contributed by atoms with Crippen LogP contribution >= 0.6 is 11.8 Å². The molecule has 29 heavy (non-hydrogen) atoms. The molecule has 0 radical (unpaired) electrons. The molecular weight excluding hydrogens is 392 g/mol. The number of hydrogen-bond donors (Lipinski definition) is 0. The number of ether oxygens (including phenoxy) is 3. The predicted molar refractivity (Wildman–Crippen MR) is 112 cm³/mol. The summed E-state index contributed by atoms with van der Waals surface area (Å²) in [6.45, 7) is 2.39. The highest BCUT2D eigenvalue weighted by Crippen LogP contribution is 2.31. The molecule has 1 aromatic heterocycles. The van der Waals surface area contributed by atoms with Gasteiger partial charge >= 0.3 is 5.97 Å². The zero-order valence-electron chi connectivity index (χ0n) is 16.5. The minimum Gasteiger partial charge on any atom is -0.493 e. The van der Waals surface area contributed by atoms with E-state index >= 15 is 0 Å². The Bertz CT molecular complexity index is 1070. The average molecular weight is 414 g/mol. The van der Waals surface area contributed by atoms with Crippen LogP contribution in [0.15, 0.2) is 52.4 Å². The van der Waals surface area contributed by atoms with Gasteiger partial charge in [-0.05, 0) is 18.6 Å². The van der Waals surface area contributed by atoms with Crippen LogP contribution in [0, 0.1) is 0 Å². The van der Waals surface area contributed by atoms with Gasteiger partial charge in [-0.2, -0.15) is 0 Å². The van der Waals surface area contributed by atoms with Gasteiger partial charge < -0.3 is 14.2 Å². The highest BCUT2D eigenvalue weighted by molar-refractivity contribution is 7.99. The van der Waals surface area contributed by atoms with E-state index in [9.17, 15) is 9.59 Å². The minimum absolute atomic E-state index is 0.0634. The number of hydrogen-bond acceptors (Lipinski definition) is 7. The van der Waals surface area contributed by atoms with Crippen molar-refractivity contribution < 1.29 is 19.0 Å². The number of aromatic nitrogens is 2. The lowest BCUT2D eigenvalue weighted by molar-refractivity contribution is -0.139. The lowest BCUT2D eigenvalue weighted by Gasteiger charge is -2.15. The molecule has 0 fully saturated rings. The minimum atomic E-state index is -0.356. The standard InChI is InChI=1S/C21H22N2O5S/c1-4-28-19(24)13-29-21-22-16-11-18(27-3)17(26-2)10-15(16)20(25)23(21)12-14-8-6-5-7-9-14/h5-11H,4,12-13H2,1-3H3. The van der Waals surface area contributed by atoms with Gasteiger partial charge in [0.05, 0.1) is 44.0 Å². The first-order chi connectivity index (χ1) is 14.1. The molecule has 0 N–H and O–H groups in total. The summed E-state index contributed by atoms with van der Waals surface area (Å²) in [7, 11) is 3.04. The van der Waals surface area contributed by atoms with Crippen LogP contribution in [0.1, 0.15) is 12.5 Å². The maximum Gasteiger partial charge on any atom is 0.316 e. The maximum atomic E-state index is 13.3. The Morgan fingerprint density at radius 1 is 1.10 bits per heavy atom. The quantitative estimate of drug-likeness (QED) is 0.318. The Balaban J connectivity index is 2.12. The third-order valence-electron chi connectivity index (χ3n) is 4.23. The van der Waals surface area contributed by atoms with Crippen molar-refractivity contribution >= 4 is 28.6 Å². The van der Waals surface area contributed by atoms with E-state index in [0.29, 0.717) is 40.7 Å². The van der Waals surface area contributed by atoms with Gasteiger partial charge in [-0.25, -0.2) is 4.98 Å². The van der Waals surface area contributed by atoms with Gasteiger partial charge in [0, 0.05) is 6.07 Å². The largest absolute Gasteiger partial charge is 0.493 e. The Morgan fingerprint density at radius 3 is 2.45 bits per heavy atom. The first-order valence-electron chi connectivity index (χ1n) is 9.06. The molecule has 1 heterocycles. The van der Waals surface area contributed by atoms with Crippen molar-refractivity contribution in [1.29, 1.82) is 0 Å². The van der Waals surface area contributed by atoms with Crippen LogP contribution in [0.2, 0.25) is 0 Å². The van der Waals surface area contributed by atoms with E-state index in [-0.39, 0.29) is 17.3 Å². The molecular formula is C21H22N2O5S. The highest BCUT2D eigenvalue weighted by Gasteiger charge is 2.17. The smallest absolute Gasteiger partial charge is 0.316 e. The Hall–Kier alpha value is -3.00. The molecule has 0 spiro atoms. The Labute approximate surface area is 172 Å². The Morgan fingerprint density at radius 2 is 1.79 bits per heavy atom. The number of benzene rings is 2. The number of thioether (sulfide) groups is 1. The summed E-state index contributed by atoms with van der Waals surface area (Å²) in [5.41, 5.74) is 1.21. The van der Waals surface area contributed by atoms with E-state index in [4.69, 9.17) is 14.2 Å². The summed E-state index contributed by atoms with van der Waals surface area (Å²) in [6.07, 6.45) is 0. The van der Waals surface area contributed by atoms with Crippen molar-refractivity contribution in [1.82, 2.24) is 9.55 Å². The van der Waals surface area contributed by atoms with Crippen LogP contribution in [0.5, 0.6) is 11.5 Å². The molecule has 0 saturated heterocycles. The summed E-state index contributed by atoms with van der Waals surface area (Å²) in [4.78, 5) is 29.7. The van der Waals surface area contributed by atoms with Gasteiger partial charge in [-0.3, -0.25) is 14.2 Å². The fourth-order valence-corrected chi connectivity index (χ4v) is 3.67. The highest BCUT2D eigenvalue weighted by atomic mass is 32.2. The second-order valence-corrected chi connectivity index (χ2v) is 7.03. The molecule has 7 nitrogen and oxygen atoms in total. The fourth-order valence-electron chi connectivity index (χ4n) is 2.87. The molecule has 0 aliphatic rings. The van der Waals surface area contributed by atoms with Gasteiger partial charge in [0.25, 0.3) is 5.56 Å². The second-order valence-electron chi connectivity index (χ2n) is 6.09. The molecule has 0 atom stereocenters. The zero-order chi connectivity index (χ0) is 20.8. The first-order valence-corrected chi connectivity index (χ1v) is 10.0. The van der Waals surface area contributed by atoms with Crippen LogP contribution in [0.3, 0.4) is 0 Å². The summed E-state index contributed by atoms with van der Waals surface area (Å²) in [5, 5.41) is 0.852. The van der Waals surface area contributed by atoms with E-state index < -0.39 is 0 Å². The molecule has 2 aromatic carbocycles. The summed E-state index contributed by atoms with van der Waals surface area (Å²) in [5.74, 6) is 0.644. The topological polar surface area (TPSA) is 79.7 Å². The summed E-state index contributed by atoms with van der Waals surface area (Å²) >= 11 is 1.17. The molecule has 0 unspecified atom stereocenters. The molecule has 152 valence electrons. The number of methoxy groups -OCH3 is 2. The summed E-state index contributed by atoms with van der Waals surface area (Å²) < 4.78 is 17.2. The number of carbonyl (C=O) groups is 1. The van der Waals surface area contributed by atoms with Crippen molar-refractivity contribution in [3.63, 3.8) is 0 Å². The van der Waals surface area contributed by atoms with Crippen LogP contribution in [0.4, 0.5) is 0 Å². The van der Waals surface area contributed by atoms with Crippen molar-refractivity contribution in [2.75, 3.05) is 26.6 Å². The molecule has 3 aromatic rings. The molecule has 3 rings (SSSR count). The fraction of sp³-hybridized carbons (Fsp3) is 0.286. The van der Waals surface area contributed by atoms with Gasteiger partial charge in [-0.1, -0.05) is 42.1 Å². The van der Waals surface area contributed by atoms with Gasteiger partial charge in [0.2, 0.25) is 0 Å². The Kier molecular flexibility index (Phi) is 6.77. The second kappa shape index (κ2) is 9.47.